The van der Waals surface area contributed by atoms with Gasteiger partial charge in [-0.05, 0) is 67.6 Å². The predicted octanol–water partition coefficient (Wildman–Crippen LogP) is 5.88. The molecule has 1 amide bonds. The van der Waals surface area contributed by atoms with E-state index >= 15 is 0 Å². The molecule has 1 atom stereocenters. The molecular weight excluding hydrogens is 456 g/mol. The van der Waals surface area contributed by atoms with Crippen LogP contribution in [0.5, 0.6) is 0 Å². The van der Waals surface area contributed by atoms with Crippen LogP contribution in [0.3, 0.4) is 0 Å². The maximum atomic E-state index is 13.8. The average Bonchev–Trinajstić information content (AvgIpc) is 2.89. The third-order valence-electron chi connectivity index (χ3n) is 7.98. The maximum Gasteiger partial charge on any atom is 0.240 e. The number of hydrogen-bond acceptors (Lipinski definition) is 3. The Kier molecular flexibility index (Phi) is 9.13. The lowest BCUT2D eigenvalue weighted by atomic mass is 9.91. The standard InChI is InChI=1S/C30H41F2N3O/c1-22(2)21-28(33(3)27-7-5-4-6-8-27)30(36)35-19-17-34(18-20-35)29(23-9-13-25(31)14-10-23)24-11-15-26(32)16-12-24/h9-16,22,27-29H,4-8,17-21H2,1-3H3/t28-/m0/s1. The lowest BCUT2D eigenvalue weighted by Gasteiger charge is -2.43. The number of likely N-dealkylation sites (N-methyl/N-ethyl adjacent to an activating group) is 1. The van der Waals surface area contributed by atoms with Crippen molar-refractivity contribution in [3.05, 3.63) is 71.3 Å². The Morgan fingerprint density at radius 2 is 1.36 bits per heavy atom. The van der Waals surface area contributed by atoms with Crippen molar-refractivity contribution >= 4 is 5.91 Å². The van der Waals surface area contributed by atoms with Crippen molar-refractivity contribution in [1.29, 1.82) is 0 Å². The van der Waals surface area contributed by atoms with Gasteiger partial charge in [-0.3, -0.25) is 14.6 Å². The van der Waals surface area contributed by atoms with Crippen molar-refractivity contribution in [2.75, 3.05) is 33.2 Å². The second-order valence-corrected chi connectivity index (χ2v) is 11.0. The number of amides is 1. The molecule has 0 radical (unpaired) electrons. The lowest BCUT2D eigenvalue weighted by molar-refractivity contribution is -0.140. The molecule has 2 fully saturated rings. The Morgan fingerprint density at radius 3 is 1.83 bits per heavy atom. The van der Waals surface area contributed by atoms with Crippen LogP contribution in [0.2, 0.25) is 0 Å². The van der Waals surface area contributed by atoms with E-state index in [1.807, 2.05) is 4.90 Å². The van der Waals surface area contributed by atoms with Gasteiger partial charge >= 0.3 is 0 Å². The molecule has 1 saturated carbocycles. The van der Waals surface area contributed by atoms with Gasteiger partial charge in [-0.25, -0.2) is 8.78 Å². The number of benzene rings is 2. The molecule has 1 aliphatic heterocycles. The Bertz CT molecular complexity index is 919. The fourth-order valence-corrected chi connectivity index (χ4v) is 5.95. The van der Waals surface area contributed by atoms with Gasteiger partial charge in [0.15, 0.2) is 0 Å². The molecule has 1 saturated heterocycles. The van der Waals surface area contributed by atoms with Crippen LogP contribution in [-0.2, 0) is 4.79 Å². The molecule has 6 heteroatoms. The first-order chi connectivity index (χ1) is 17.3. The molecular formula is C30H41F2N3O. The summed E-state index contributed by atoms with van der Waals surface area (Å²) in [6.07, 6.45) is 7.05. The van der Waals surface area contributed by atoms with E-state index in [0.717, 1.165) is 17.5 Å². The zero-order valence-corrected chi connectivity index (χ0v) is 22.0. The lowest BCUT2D eigenvalue weighted by Crippen LogP contribution is -2.56. The molecule has 0 unspecified atom stereocenters. The number of nitrogens with zero attached hydrogens (tertiary/aromatic N) is 3. The molecule has 4 rings (SSSR count). The SMILES string of the molecule is CC(C)C[C@@H](C(=O)N1CCN(C(c2ccc(F)cc2)c2ccc(F)cc2)CC1)N(C)C1CCCCC1. The summed E-state index contributed by atoms with van der Waals surface area (Å²) in [5.41, 5.74) is 1.94. The van der Waals surface area contributed by atoms with Crippen LogP contribution < -0.4 is 0 Å². The van der Waals surface area contributed by atoms with E-state index < -0.39 is 0 Å². The Hall–Kier alpha value is -2.31. The molecule has 36 heavy (non-hydrogen) atoms. The van der Waals surface area contributed by atoms with Gasteiger partial charge < -0.3 is 4.90 Å². The van der Waals surface area contributed by atoms with Crippen molar-refractivity contribution in [3.8, 4) is 0 Å². The summed E-state index contributed by atoms with van der Waals surface area (Å²) in [5, 5.41) is 0. The van der Waals surface area contributed by atoms with Crippen LogP contribution in [0.15, 0.2) is 48.5 Å². The van der Waals surface area contributed by atoms with Crippen molar-refractivity contribution in [1.82, 2.24) is 14.7 Å². The van der Waals surface area contributed by atoms with Crippen molar-refractivity contribution in [2.45, 2.75) is 70.5 Å². The van der Waals surface area contributed by atoms with Gasteiger partial charge in [0.25, 0.3) is 0 Å². The van der Waals surface area contributed by atoms with Crippen LogP contribution in [-0.4, -0.2) is 65.9 Å². The number of halogens is 2. The molecule has 1 heterocycles. The summed E-state index contributed by atoms with van der Waals surface area (Å²) < 4.78 is 27.3. The molecule has 0 aromatic heterocycles. The monoisotopic (exact) mass is 497 g/mol. The van der Waals surface area contributed by atoms with Gasteiger partial charge in [-0.15, -0.1) is 0 Å². The highest BCUT2D eigenvalue weighted by atomic mass is 19.1. The highest BCUT2D eigenvalue weighted by Crippen LogP contribution is 2.31. The molecule has 2 aromatic carbocycles. The van der Waals surface area contributed by atoms with Gasteiger partial charge in [0.05, 0.1) is 12.1 Å². The van der Waals surface area contributed by atoms with Gasteiger partial charge in [0.1, 0.15) is 11.6 Å². The summed E-state index contributed by atoms with van der Waals surface area (Å²) in [7, 11) is 2.15. The summed E-state index contributed by atoms with van der Waals surface area (Å²) in [5.74, 6) is 0.153. The van der Waals surface area contributed by atoms with E-state index in [4.69, 9.17) is 0 Å². The van der Waals surface area contributed by atoms with Crippen LogP contribution in [0.4, 0.5) is 8.78 Å². The average molecular weight is 498 g/mol. The largest absolute Gasteiger partial charge is 0.339 e. The van der Waals surface area contributed by atoms with Crippen LogP contribution in [0, 0.1) is 17.6 Å². The molecule has 0 N–H and O–H groups in total. The van der Waals surface area contributed by atoms with E-state index in [9.17, 15) is 13.6 Å². The molecule has 1 aliphatic carbocycles. The maximum absolute atomic E-state index is 13.8. The summed E-state index contributed by atoms with van der Waals surface area (Å²) in [6, 6.07) is 13.4. The number of rotatable bonds is 8. The fourth-order valence-electron chi connectivity index (χ4n) is 5.95. The van der Waals surface area contributed by atoms with Gasteiger partial charge in [-0.1, -0.05) is 57.4 Å². The third kappa shape index (κ3) is 6.51. The molecule has 4 nitrogen and oxygen atoms in total. The summed E-state index contributed by atoms with van der Waals surface area (Å²) in [4.78, 5) is 20.5. The Labute approximate surface area is 215 Å². The second kappa shape index (κ2) is 12.3. The molecule has 0 bridgehead atoms. The van der Waals surface area contributed by atoms with Crippen LogP contribution >= 0.6 is 0 Å². The van der Waals surface area contributed by atoms with E-state index in [0.29, 0.717) is 38.1 Å². The second-order valence-electron chi connectivity index (χ2n) is 11.0. The highest BCUT2D eigenvalue weighted by Gasteiger charge is 2.35. The minimum Gasteiger partial charge on any atom is -0.339 e. The van der Waals surface area contributed by atoms with Crippen molar-refractivity contribution in [2.24, 2.45) is 5.92 Å². The van der Waals surface area contributed by atoms with Crippen LogP contribution in [0.25, 0.3) is 0 Å². The van der Waals surface area contributed by atoms with E-state index in [2.05, 4.69) is 30.7 Å². The first-order valence-corrected chi connectivity index (χ1v) is 13.6. The Morgan fingerprint density at radius 1 is 0.861 bits per heavy atom. The molecule has 196 valence electrons. The van der Waals surface area contributed by atoms with E-state index in [1.54, 1.807) is 24.3 Å². The smallest absolute Gasteiger partial charge is 0.240 e. The van der Waals surface area contributed by atoms with Gasteiger partial charge in [-0.2, -0.15) is 0 Å². The molecule has 2 aromatic rings. The Balaban J connectivity index is 1.48. The minimum atomic E-state index is -0.273. The van der Waals surface area contributed by atoms with Crippen molar-refractivity contribution < 1.29 is 13.6 Å². The molecule has 0 spiro atoms. The fraction of sp³-hybridized carbons (Fsp3) is 0.567. The van der Waals surface area contributed by atoms with E-state index in [1.165, 1.54) is 56.4 Å². The topological polar surface area (TPSA) is 26.8 Å². The van der Waals surface area contributed by atoms with Crippen LogP contribution in [0.1, 0.15) is 69.5 Å². The first kappa shape index (κ1) is 26.7. The van der Waals surface area contributed by atoms with Gasteiger partial charge in [0.2, 0.25) is 5.91 Å². The highest BCUT2D eigenvalue weighted by molar-refractivity contribution is 5.82. The zero-order chi connectivity index (χ0) is 25.7. The number of carbonyl (C=O) groups is 1. The minimum absolute atomic E-state index is 0.0790. The molecule has 2 aliphatic rings. The number of hydrogen-bond donors (Lipinski definition) is 0. The number of carbonyl (C=O) groups excluding carboxylic acids is 1. The van der Waals surface area contributed by atoms with Gasteiger partial charge in [0, 0.05) is 32.2 Å². The predicted molar refractivity (Wildman–Crippen MR) is 141 cm³/mol. The number of piperazine rings is 1. The van der Waals surface area contributed by atoms with E-state index in [-0.39, 0.29) is 29.6 Å². The summed E-state index contributed by atoms with van der Waals surface area (Å²) >= 11 is 0. The first-order valence-electron chi connectivity index (χ1n) is 13.6. The summed E-state index contributed by atoms with van der Waals surface area (Å²) in [6.45, 7) is 7.14. The third-order valence-corrected chi connectivity index (χ3v) is 7.98. The quantitative estimate of drug-likeness (QED) is 0.456. The zero-order valence-electron chi connectivity index (χ0n) is 22.0. The normalized spacial score (nSPS) is 18.8. The van der Waals surface area contributed by atoms with Crippen molar-refractivity contribution in [3.63, 3.8) is 0 Å².